The Morgan fingerprint density at radius 1 is 1.21 bits per heavy atom. The van der Waals surface area contributed by atoms with Gasteiger partial charge in [-0.25, -0.2) is 4.79 Å². The molecule has 1 aromatic rings. The van der Waals surface area contributed by atoms with Crippen molar-refractivity contribution in [1.29, 1.82) is 0 Å². The number of likely N-dealkylation sites (tertiary alicyclic amines) is 1. The largest absolute Gasteiger partial charge is 0.486 e. The molecule has 1 fully saturated rings. The second-order valence-electron chi connectivity index (χ2n) is 8.60. The second kappa shape index (κ2) is 8.93. The highest BCUT2D eigenvalue weighted by molar-refractivity contribution is 5.80. The van der Waals surface area contributed by atoms with Crippen LogP contribution >= 0.6 is 0 Å². The third kappa shape index (κ3) is 5.55. The van der Waals surface area contributed by atoms with Crippen LogP contribution in [0.4, 0.5) is 4.79 Å². The van der Waals surface area contributed by atoms with Crippen molar-refractivity contribution in [2.45, 2.75) is 52.7 Å². The third-order valence-corrected chi connectivity index (χ3v) is 5.10. The summed E-state index contributed by atoms with van der Waals surface area (Å²) in [4.78, 5) is 29.1. The van der Waals surface area contributed by atoms with Gasteiger partial charge in [0.25, 0.3) is 0 Å². The Kier molecular flexibility index (Phi) is 6.55. The number of hydrogen-bond acceptors (Lipinski definition) is 5. The van der Waals surface area contributed by atoms with E-state index >= 15 is 0 Å². The van der Waals surface area contributed by atoms with Gasteiger partial charge in [0.1, 0.15) is 18.8 Å². The van der Waals surface area contributed by atoms with Gasteiger partial charge in [-0.3, -0.25) is 4.79 Å². The molecule has 7 heteroatoms. The zero-order valence-electron chi connectivity index (χ0n) is 17.9. The average molecular weight is 405 g/mol. The monoisotopic (exact) mass is 404 g/mol. The first-order valence-electron chi connectivity index (χ1n) is 10.4. The fraction of sp³-hybridized carbons (Fsp3) is 0.636. The maximum Gasteiger partial charge on any atom is 0.410 e. The summed E-state index contributed by atoms with van der Waals surface area (Å²) in [6.07, 6.45) is 1.25. The van der Waals surface area contributed by atoms with E-state index in [-0.39, 0.29) is 17.9 Å². The minimum Gasteiger partial charge on any atom is -0.486 e. The van der Waals surface area contributed by atoms with Crippen molar-refractivity contribution in [3.63, 3.8) is 0 Å². The molecule has 2 aliphatic heterocycles. The van der Waals surface area contributed by atoms with Crippen molar-refractivity contribution in [2.75, 3.05) is 32.8 Å². The van der Waals surface area contributed by atoms with E-state index in [4.69, 9.17) is 14.2 Å². The van der Waals surface area contributed by atoms with Crippen LogP contribution in [0.1, 0.15) is 46.1 Å². The lowest BCUT2D eigenvalue weighted by Crippen LogP contribution is -2.47. The van der Waals surface area contributed by atoms with Gasteiger partial charge in [-0.2, -0.15) is 0 Å². The number of amides is 2. The summed E-state index contributed by atoms with van der Waals surface area (Å²) in [7, 11) is 0. The molecule has 160 valence electrons. The summed E-state index contributed by atoms with van der Waals surface area (Å²) in [6, 6.07) is 5.81. The van der Waals surface area contributed by atoms with E-state index in [1.54, 1.807) is 4.90 Å². The Balaban J connectivity index is 1.63. The zero-order valence-corrected chi connectivity index (χ0v) is 17.9. The molecule has 0 N–H and O–H groups in total. The minimum absolute atomic E-state index is 0.0793. The number of benzene rings is 1. The normalized spacial score (nSPS) is 18.9. The van der Waals surface area contributed by atoms with Gasteiger partial charge in [0.15, 0.2) is 11.5 Å². The number of hydrogen-bond donors (Lipinski definition) is 0. The van der Waals surface area contributed by atoms with Gasteiger partial charge in [-0.1, -0.05) is 6.07 Å². The molecule has 7 nitrogen and oxygen atoms in total. The van der Waals surface area contributed by atoms with Crippen molar-refractivity contribution in [3.05, 3.63) is 23.8 Å². The molecular weight excluding hydrogens is 372 g/mol. The number of fused-ring (bicyclic) bond motifs is 1. The smallest absolute Gasteiger partial charge is 0.410 e. The molecule has 3 rings (SSSR count). The lowest BCUT2D eigenvalue weighted by molar-refractivity contribution is -0.137. The van der Waals surface area contributed by atoms with Crippen LogP contribution in [0.3, 0.4) is 0 Å². The minimum atomic E-state index is -0.540. The SMILES string of the molecule is CCN(Cc1ccc2c(c1)OCCO2)C(=O)[C@H]1CCCN(C(=O)OC(C)(C)C)C1. The van der Waals surface area contributed by atoms with Crippen molar-refractivity contribution >= 4 is 12.0 Å². The zero-order chi connectivity index (χ0) is 21.0. The second-order valence-corrected chi connectivity index (χ2v) is 8.60. The standard InChI is InChI=1S/C22H32N2O5/c1-5-23(14-16-8-9-18-19(13-16)28-12-11-27-18)20(25)17-7-6-10-24(15-17)21(26)29-22(2,3)4/h8-9,13,17H,5-7,10-12,14-15H2,1-4H3/t17-/m0/s1. The number of carbonyl (C=O) groups is 2. The summed E-state index contributed by atoms with van der Waals surface area (Å²) >= 11 is 0. The first-order valence-corrected chi connectivity index (χ1v) is 10.4. The number of ether oxygens (including phenoxy) is 3. The third-order valence-electron chi connectivity index (χ3n) is 5.10. The molecule has 0 radical (unpaired) electrons. The van der Waals surface area contributed by atoms with Crippen LogP contribution in [0.15, 0.2) is 18.2 Å². The molecule has 0 spiro atoms. The Hall–Kier alpha value is -2.44. The van der Waals surface area contributed by atoms with Crippen molar-refractivity contribution in [3.8, 4) is 11.5 Å². The Morgan fingerprint density at radius 2 is 1.93 bits per heavy atom. The molecule has 0 unspecified atom stereocenters. The molecule has 29 heavy (non-hydrogen) atoms. The first-order chi connectivity index (χ1) is 13.8. The van der Waals surface area contributed by atoms with Gasteiger partial charge in [0.2, 0.25) is 5.91 Å². The van der Waals surface area contributed by atoms with Gasteiger partial charge < -0.3 is 24.0 Å². The summed E-state index contributed by atoms with van der Waals surface area (Å²) in [5, 5.41) is 0. The predicted octanol–water partition coefficient (Wildman–Crippen LogP) is 3.45. The van der Waals surface area contributed by atoms with Gasteiger partial charge in [-0.15, -0.1) is 0 Å². The summed E-state index contributed by atoms with van der Waals surface area (Å²) in [5.74, 6) is 1.35. The van der Waals surface area contributed by atoms with Crippen LogP contribution in [0.25, 0.3) is 0 Å². The predicted molar refractivity (Wildman–Crippen MR) is 109 cm³/mol. The molecule has 0 saturated carbocycles. The molecule has 2 aliphatic rings. The van der Waals surface area contributed by atoms with E-state index in [1.807, 2.05) is 50.8 Å². The van der Waals surface area contributed by atoms with E-state index in [0.29, 0.717) is 39.4 Å². The van der Waals surface area contributed by atoms with Crippen LogP contribution in [0.2, 0.25) is 0 Å². The van der Waals surface area contributed by atoms with Crippen LogP contribution < -0.4 is 9.47 Å². The maximum atomic E-state index is 13.2. The van der Waals surface area contributed by atoms with Crippen LogP contribution in [-0.4, -0.2) is 60.2 Å². The highest BCUT2D eigenvalue weighted by atomic mass is 16.6. The van der Waals surface area contributed by atoms with Gasteiger partial charge in [0, 0.05) is 26.2 Å². The van der Waals surface area contributed by atoms with E-state index in [1.165, 1.54) is 0 Å². The number of piperidine rings is 1. The Bertz CT molecular complexity index is 743. The van der Waals surface area contributed by atoms with Gasteiger partial charge in [0.05, 0.1) is 5.92 Å². The van der Waals surface area contributed by atoms with Crippen molar-refractivity contribution in [2.24, 2.45) is 5.92 Å². The number of carbonyl (C=O) groups excluding carboxylic acids is 2. The van der Waals surface area contributed by atoms with Crippen molar-refractivity contribution < 1.29 is 23.8 Å². The Labute approximate surface area is 172 Å². The summed E-state index contributed by atoms with van der Waals surface area (Å²) < 4.78 is 16.7. The van der Waals surface area contributed by atoms with Crippen LogP contribution in [-0.2, 0) is 16.1 Å². The Morgan fingerprint density at radius 3 is 2.62 bits per heavy atom. The molecule has 2 amide bonds. The molecular formula is C22H32N2O5. The molecule has 1 atom stereocenters. The number of rotatable bonds is 4. The topological polar surface area (TPSA) is 68.3 Å². The van der Waals surface area contributed by atoms with Gasteiger partial charge >= 0.3 is 6.09 Å². The summed E-state index contributed by atoms with van der Waals surface area (Å²) in [5.41, 5.74) is 0.464. The van der Waals surface area contributed by atoms with E-state index < -0.39 is 5.60 Å². The molecule has 2 heterocycles. The lowest BCUT2D eigenvalue weighted by Gasteiger charge is -2.35. The fourth-order valence-electron chi connectivity index (χ4n) is 3.68. The van der Waals surface area contributed by atoms with Gasteiger partial charge in [-0.05, 0) is 58.2 Å². The summed E-state index contributed by atoms with van der Waals surface area (Å²) in [6.45, 7) is 10.8. The molecule has 1 saturated heterocycles. The molecule has 0 aromatic heterocycles. The van der Waals surface area contributed by atoms with E-state index in [9.17, 15) is 9.59 Å². The first kappa shape index (κ1) is 21.3. The number of nitrogens with zero attached hydrogens (tertiary/aromatic N) is 2. The molecule has 0 bridgehead atoms. The maximum absolute atomic E-state index is 13.2. The van der Waals surface area contributed by atoms with Crippen LogP contribution in [0.5, 0.6) is 11.5 Å². The highest BCUT2D eigenvalue weighted by Gasteiger charge is 2.33. The fourth-order valence-corrected chi connectivity index (χ4v) is 3.68. The molecule has 0 aliphatic carbocycles. The lowest BCUT2D eigenvalue weighted by atomic mass is 9.96. The van der Waals surface area contributed by atoms with E-state index in [0.717, 1.165) is 29.9 Å². The van der Waals surface area contributed by atoms with Crippen molar-refractivity contribution in [1.82, 2.24) is 9.80 Å². The van der Waals surface area contributed by atoms with Crippen LogP contribution in [0, 0.1) is 5.92 Å². The average Bonchev–Trinajstić information content (AvgIpc) is 2.70. The highest BCUT2D eigenvalue weighted by Crippen LogP contribution is 2.31. The quantitative estimate of drug-likeness (QED) is 0.769. The van der Waals surface area contributed by atoms with E-state index in [2.05, 4.69) is 0 Å². The molecule has 1 aromatic carbocycles.